The lowest BCUT2D eigenvalue weighted by Crippen LogP contribution is -2.20. The highest BCUT2D eigenvalue weighted by atomic mass is 32.1. The third-order valence-corrected chi connectivity index (χ3v) is 8.36. The molecule has 6 heteroatoms. The van der Waals surface area contributed by atoms with Crippen molar-refractivity contribution in [2.24, 2.45) is 11.3 Å². The first-order chi connectivity index (χ1) is 14.2. The lowest BCUT2D eigenvalue weighted by molar-refractivity contribution is -0.0148. The van der Waals surface area contributed by atoms with Crippen molar-refractivity contribution in [3.05, 3.63) is 16.5 Å². The molecule has 1 unspecified atom stereocenters. The Labute approximate surface area is 183 Å². The maximum absolute atomic E-state index is 13.6. The molecule has 2 aromatic rings. The number of aromatic nitrogens is 3. The van der Waals surface area contributed by atoms with E-state index in [1.807, 2.05) is 6.92 Å². The summed E-state index contributed by atoms with van der Waals surface area (Å²) in [6.45, 7) is 6.69. The molecular weight excluding hydrogens is 400 g/mol. The van der Waals surface area contributed by atoms with Crippen molar-refractivity contribution in [1.29, 1.82) is 0 Å². The zero-order chi connectivity index (χ0) is 21.4. The zero-order valence-corrected chi connectivity index (χ0v) is 19.5. The Morgan fingerprint density at radius 1 is 0.967 bits per heavy atom. The van der Waals surface area contributed by atoms with E-state index in [1.54, 1.807) is 11.3 Å². The summed E-state index contributed by atoms with van der Waals surface area (Å²) in [7, 11) is 0. The first-order valence-corrected chi connectivity index (χ1v) is 12.5. The molecule has 0 amide bonds. The van der Waals surface area contributed by atoms with Gasteiger partial charge in [-0.15, -0.1) is 0 Å². The first-order valence-electron chi connectivity index (χ1n) is 11.7. The Hall–Kier alpha value is -1.17. The number of hydrogen-bond donors (Lipinski definition) is 0. The van der Waals surface area contributed by atoms with Crippen LogP contribution in [0.3, 0.4) is 0 Å². The predicted octanol–water partition coefficient (Wildman–Crippen LogP) is 7.62. The van der Waals surface area contributed by atoms with Crippen molar-refractivity contribution in [1.82, 2.24) is 15.0 Å². The Morgan fingerprint density at radius 2 is 1.73 bits per heavy atom. The molecule has 2 fully saturated rings. The van der Waals surface area contributed by atoms with Crippen LogP contribution in [0.5, 0.6) is 0 Å². The minimum atomic E-state index is -2.45. The molecule has 0 aliphatic heterocycles. The first kappa shape index (κ1) is 22.0. The van der Waals surface area contributed by atoms with E-state index < -0.39 is 5.92 Å². The van der Waals surface area contributed by atoms with Crippen molar-refractivity contribution in [3.8, 4) is 0 Å². The number of thiazole rings is 1. The summed E-state index contributed by atoms with van der Waals surface area (Å²) < 4.78 is 27.2. The highest BCUT2D eigenvalue weighted by Gasteiger charge is 2.32. The van der Waals surface area contributed by atoms with E-state index in [1.165, 1.54) is 30.7 Å². The van der Waals surface area contributed by atoms with Crippen LogP contribution in [0.15, 0.2) is 0 Å². The summed E-state index contributed by atoms with van der Waals surface area (Å²) in [4.78, 5) is 15.4. The van der Waals surface area contributed by atoms with Gasteiger partial charge in [-0.05, 0) is 69.6 Å². The molecule has 166 valence electrons. The van der Waals surface area contributed by atoms with Gasteiger partial charge in [-0.2, -0.15) is 0 Å². The molecule has 2 saturated carbocycles. The molecule has 4 rings (SSSR count). The van der Waals surface area contributed by atoms with Crippen LogP contribution in [0.2, 0.25) is 0 Å². The number of nitrogens with zero attached hydrogens (tertiary/aromatic N) is 3. The molecule has 0 bridgehead atoms. The second-order valence-corrected chi connectivity index (χ2v) is 11.4. The van der Waals surface area contributed by atoms with E-state index in [-0.39, 0.29) is 12.8 Å². The van der Waals surface area contributed by atoms with Gasteiger partial charge in [-0.25, -0.2) is 23.7 Å². The fourth-order valence-corrected chi connectivity index (χ4v) is 6.36. The molecule has 2 aliphatic carbocycles. The van der Waals surface area contributed by atoms with Gasteiger partial charge in [0.15, 0.2) is 0 Å². The number of aryl methyl sites for hydroxylation is 2. The van der Waals surface area contributed by atoms with Crippen molar-refractivity contribution in [2.75, 3.05) is 0 Å². The van der Waals surface area contributed by atoms with E-state index in [0.29, 0.717) is 30.1 Å². The lowest BCUT2D eigenvalue weighted by atomic mass is 9.73. The molecule has 2 aliphatic rings. The molecule has 3 nitrogen and oxygen atoms in total. The summed E-state index contributed by atoms with van der Waals surface area (Å²) in [5, 5.41) is 1.23. The highest BCUT2D eigenvalue weighted by molar-refractivity contribution is 7.18. The number of fused-ring (bicyclic) bond motifs is 1. The van der Waals surface area contributed by atoms with Gasteiger partial charge in [0.2, 0.25) is 5.92 Å². The monoisotopic (exact) mass is 435 g/mol. The second-order valence-electron chi connectivity index (χ2n) is 10.4. The van der Waals surface area contributed by atoms with E-state index >= 15 is 0 Å². The lowest BCUT2D eigenvalue weighted by Gasteiger charge is -2.33. The van der Waals surface area contributed by atoms with Crippen LogP contribution >= 0.6 is 11.3 Å². The van der Waals surface area contributed by atoms with Gasteiger partial charge in [0.25, 0.3) is 0 Å². The Morgan fingerprint density at radius 3 is 2.50 bits per heavy atom. The fraction of sp³-hybridized carbons (Fsp3) is 0.792. The molecule has 2 heterocycles. The molecular formula is C24H35F2N3S. The van der Waals surface area contributed by atoms with Gasteiger partial charge in [0, 0.05) is 18.8 Å². The van der Waals surface area contributed by atoms with E-state index in [0.717, 1.165) is 47.5 Å². The molecule has 30 heavy (non-hydrogen) atoms. The molecule has 1 atom stereocenters. The number of alkyl halides is 2. The second kappa shape index (κ2) is 8.76. The standard InChI is InChI=1S/C24H35F2N3S/c1-16-27-19(8-4-6-17-7-5-12-24(25,26)15-9-17)20-22(28-16)30-21(29-20)18-10-13-23(2,3)14-11-18/h17-18H,4-15H2,1-3H3. The maximum Gasteiger partial charge on any atom is 0.248 e. The quantitative estimate of drug-likeness (QED) is 0.453. The summed E-state index contributed by atoms with van der Waals surface area (Å²) in [6.07, 6.45) is 10.2. The van der Waals surface area contributed by atoms with E-state index in [2.05, 4.69) is 18.8 Å². The minimum Gasteiger partial charge on any atom is -0.237 e. The summed E-state index contributed by atoms with van der Waals surface area (Å²) in [5.74, 6) is -0.659. The SMILES string of the molecule is Cc1nc(CCCC2CCCC(F)(F)CC2)c2nc(C3CCC(C)(C)CC3)sc2n1. The van der Waals surface area contributed by atoms with Gasteiger partial charge < -0.3 is 0 Å². The third kappa shape index (κ3) is 5.35. The number of halogens is 2. The van der Waals surface area contributed by atoms with Crippen LogP contribution < -0.4 is 0 Å². The Bertz CT molecular complexity index is 867. The maximum atomic E-state index is 13.6. The average molecular weight is 436 g/mol. The number of hydrogen-bond acceptors (Lipinski definition) is 4. The fourth-order valence-electron chi connectivity index (χ4n) is 5.19. The van der Waals surface area contributed by atoms with Crippen LogP contribution in [-0.2, 0) is 6.42 Å². The smallest absolute Gasteiger partial charge is 0.237 e. The highest BCUT2D eigenvalue weighted by Crippen LogP contribution is 2.44. The summed E-state index contributed by atoms with van der Waals surface area (Å²) >= 11 is 1.75. The van der Waals surface area contributed by atoms with Crippen molar-refractivity contribution < 1.29 is 8.78 Å². The van der Waals surface area contributed by atoms with Crippen molar-refractivity contribution in [3.63, 3.8) is 0 Å². The predicted molar refractivity (Wildman–Crippen MR) is 119 cm³/mol. The van der Waals surface area contributed by atoms with Crippen LogP contribution in [0.4, 0.5) is 8.78 Å². The third-order valence-electron chi connectivity index (χ3n) is 7.25. The van der Waals surface area contributed by atoms with E-state index in [9.17, 15) is 8.78 Å². The topological polar surface area (TPSA) is 38.7 Å². The Kier molecular flexibility index (Phi) is 6.43. The molecule has 2 aromatic heterocycles. The molecule has 0 N–H and O–H groups in total. The summed E-state index contributed by atoms with van der Waals surface area (Å²) in [6, 6.07) is 0. The van der Waals surface area contributed by atoms with Crippen molar-refractivity contribution >= 4 is 21.7 Å². The van der Waals surface area contributed by atoms with Gasteiger partial charge in [-0.1, -0.05) is 38.0 Å². The van der Waals surface area contributed by atoms with Gasteiger partial charge in [0.1, 0.15) is 16.2 Å². The zero-order valence-electron chi connectivity index (χ0n) is 18.6. The van der Waals surface area contributed by atoms with E-state index in [4.69, 9.17) is 9.97 Å². The number of rotatable bonds is 5. The molecule has 0 spiro atoms. The minimum absolute atomic E-state index is 0.0577. The average Bonchev–Trinajstić information content (AvgIpc) is 3.01. The normalized spacial score (nSPS) is 24.8. The van der Waals surface area contributed by atoms with Gasteiger partial charge in [0.05, 0.1) is 10.7 Å². The van der Waals surface area contributed by atoms with Crippen LogP contribution in [0, 0.1) is 18.3 Å². The largest absolute Gasteiger partial charge is 0.248 e. The van der Waals surface area contributed by atoms with Crippen molar-refractivity contribution in [2.45, 2.75) is 110 Å². The summed E-state index contributed by atoms with van der Waals surface area (Å²) in [5.41, 5.74) is 2.49. The van der Waals surface area contributed by atoms with Crippen LogP contribution in [0.1, 0.15) is 107 Å². The molecule has 0 aromatic carbocycles. The van der Waals surface area contributed by atoms with Gasteiger partial charge >= 0.3 is 0 Å². The van der Waals surface area contributed by atoms with Crippen LogP contribution in [0.25, 0.3) is 10.3 Å². The van der Waals surface area contributed by atoms with Crippen LogP contribution in [-0.4, -0.2) is 20.9 Å². The molecule has 0 radical (unpaired) electrons. The van der Waals surface area contributed by atoms with Gasteiger partial charge in [-0.3, -0.25) is 0 Å². The Balaban J connectivity index is 1.42. The molecule has 0 saturated heterocycles.